The number of halogens is 2. The van der Waals surface area contributed by atoms with Crippen molar-refractivity contribution in [2.75, 3.05) is 52.5 Å². The first-order valence-corrected chi connectivity index (χ1v) is 11.6. The molecule has 1 saturated heterocycles. The topological polar surface area (TPSA) is 79.6 Å². The van der Waals surface area contributed by atoms with E-state index in [1.165, 1.54) is 5.56 Å². The monoisotopic (exact) mass is 575 g/mol. The lowest BCUT2D eigenvalue weighted by Gasteiger charge is -2.26. The van der Waals surface area contributed by atoms with Gasteiger partial charge in [-0.25, -0.2) is 0 Å². The number of morpholine rings is 1. The Hall–Kier alpha value is -1.43. The maximum absolute atomic E-state index is 6.10. The number of ether oxygens (including phenoxy) is 1. The Morgan fingerprint density at radius 1 is 1.19 bits per heavy atom. The van der Waals surface area contributed by atoms with Crippen LogP contribution in [0.2, 0.25) is 5.02 Å². The Morgan fingerprint density at radius 3 is 2.78 bits per heavy atom. The second-order valence-corrected chi connectivity index (χ2v) is 8.00. The number of rotatable bonds is 11. The van der Waals surface area contributed by atoms with Crippen LogP contribution < -0.4 is 10.6 Å². The van der Waals surface area contributed by atoms with Crippen LogP contribution in [0.5, 0.6) is 0 Å². The number of hydrogen-bond donors (Lipinski definition) is 2. The van der Waals surface area contributed by atoms with E-state index in [9.17, 15) is 0 Å². The lowest BCUT2D eigenvalue weighted by atomic mass is 10.1. The first-order chi connectivity index (χ1) is 15.2. The summed E-state index contributed by atoms with van der Waals surface area (Å²) in [6.45, 7) is 10.0. The van der Waals surface area contributed by atoms with E-state index < -0.39 is 0 Å². The van der Waals surface area contributed by atoms with Crippen LogP contribution in [0.3, 0.4) is 0 Å². The minimum atomic E-state index is 0. The average Bonchev–Trinajstić information content (AvgIpc) is 3.24. The summed E-state index contributed by atoms with van der Waals surface area (Å²) in [7, 11) is 0. The lowest BCUT2D eigenvalue weighted by molar-refractivity contribution is 0.0377. The number of nitrogens with one attached hydrogen (secondary N) is 2. The fourth-order valence-corrected chi connectivity index (χ4v) is 3.75. The molecule has 1 fully saturated rings. The Bertz CT molecular complexity index is 811. The fourth-order valence-electron chi connectivity index (χ4n) is 3.54. The number of aromatic nitrogens is 3. The largest absolute Gasteiger partial charge is 0.379 e. The third kappa shape index (κ3) is 9.60. The molecule has 0 unspecified atom stereocenters. The lowest BCUT2D eigenvalue weighted by Crippen LogP contribution is -2.40. The van der Waals surface area contributed by atoms with Gasteiger partial charge in [0, 0.05) is 57.3 Å². The Labute approximate surface area is 213 Å². The quantitative estimate of drug-likeness (QED) is 0.186. The second-order valence-electron chi connectivity index (χ2n) is 7.57. The molecule has 2 heterocycles. The summed E-state index contributed by atoms with van der Waals surface area (Å²) < 4.78 is 7.49. The van der Waals surface area contributed by atoms with Gasteiger partial charge in [0.25, 0.3) is 0 Å². The highest BCUT2D eigenvalue weighted by Gasteiger charge is 2.09. The number of hydrogen-bond acceptors (Lipinski definition) is 5. The van der Waals surface area contributed by atoms with Crippen molar-refractivity contribution in [3.05, 3.63) is 47.0 Å². The van der Waals surface area contributed by atoms with Crippen LogP contribution in [0, 0.1) is 0 Å². The molecule has 1 aromatic heterocycles. The third-order valence-corrected chi connectivity index (χ3v) is 5.49. The van der Waals surface area contributed by atoms with Gasteiger partial charge in [0.05, 0.1) is 13.2 Å². The molecule has 0 saturated carbocycles. The second kappa shape index (κ2) is 15.4. The van der Waals surface area contributed by atoms with Gasteiger partial charge >= 0.3 is 0 Å². The molecule has 0 amide bonds. The van der Waals surface area contributed by atoms with Gasteiger partial charge in [-0.15, -0.1) is 34.2 Å². The molecule has 1 aromatic carbocycles. The summed E-state index contributed by atoms with van der Waals surface area (Å²) in [6.07, 6.45) is 4.58. The number of guanidine groups is 1. The van der Waals surface area contributed by atoms with E-state index >= 15 is 0 Å². The molecule has 0 spiro atoms. The number of aliphatic imine (C=N–C) groups is 1. The number of benzene rings is 1. The van der Waals surface area contributed by atoms with Gasteiger partial charge < -0.3 is 19.9 Å². The molecule has 1 aliphatic heterocycles. The van der Waals surface area contributed by atoms with E-state index in [1.54, 1.807) is 6.33 Å². The van der Waals surface area contributed by atoms with Crippen LogP contribution in [0.25, 0.3) is 0 Å². The number of aryl methyl sites for hydroxylation is 1. The van der Waals surface area contributed by atoms with Crippen molar-refractivity contribution >= 4 is 41.5 Å². The van der Waals surface area contributed by atoms with Crippen molar-refractivity contribution in [1.82, 2.24) is 30.3 Å². The highest BCUT2D eigenvalue weighted by atomic mass is 127. The van der Waals surface area contributed by atoms with E-state index in [2.05, 4.69) is 43.3 Å². The zero-order valence-corrected chi connectivity index (χ0v) is 21.9. The van der Waals surface area contributed by atoms with Gasteiger partial charge in [0.15, 0.2) is 5.96 Å². The molecule has 2 N–H and O–H groups in total. The zero-order chi connectivity index (χ0) is 21.7. The Morgan fingerprint density at radius 2 is 2.00 bits per heavy atom. The molecule has 2 aromatic rings. The van der Waals surface area contributed by atoms with E-state index in [0.29, 0.717) is 0 Å². The maximum atomic E-state index is 6.10. The molecule has 0 aliphatic carbocycles. The Kier molecular flexibility index (Phi) is 12.9. The van der Waals surface area contributed by atoms with Crippen LogP contribution >= 0.6 is 35.6 Å². The molecule has 1 aliphatic rings. The molecule has 10 heteroatoms. The first kappa shape index (κ1) is 26.8. The molecule has 178 valence electrons. The molecule has 8 nitrogen and oxygen atoms in total. The van der Waals surface area contributed by atoms with Gasteiger partial charge in [-0.1, -0.05) is 30.7 Å². The first-order valence-electron chi connectivity index (χ1n) is 11.2. The van der Waals surface area contributed by atoms with E-state index in [-0.39, 0.29) is 24.0 Å². The summed E-state index contributed by atoms with van der Waals surface area (Å²) in [5, 5.41) is 15.8. The van der Waals surface area contributed by atoms with Gasteiger partial charge in [-0.2, -0.15) is 0 Å². The van der Waals surface area contributed by atoms with E-state index in [0.717, 1.165) is 95.1 Å². The molecule has 3 rings (SSSR count). The zero-order valence-electron chi connectivity index (χ0n) is 18.8. The Balaban J connectivity index is 0.00000363. The van der Waals surface area contributed by atoms with Crippen molar-refractivity contribution in [3.63, 3.8) is 0 Å². The minimum absolute atomic E-state index is 0. The summed E-state index contributed by atoms with van der Waals surface area (Å²) >= 11 is 6.10. The van der Waals surface area contributed by atoms with Crippen molar-refractivity contribution in [1.29, 1.82) is 0 Å². The summed E-state index contributed by atoms with van der Waals surface area (Å²) in [6, 6.07) is 7.99. The molecular formula is C22H35ClIN7O. The highest BCUT2D eigenvalue weighted by molar-refractivity contribution is 14.0. The predicted molar refractivity (Wildman–Crippen MR) is 140 cm³/mol. The van der Waals surface area contributed by atoms with Crippen molar-refractivity contribution < 1.29 is 4.74 Å². The van der Waals surface area contributed by atoms with Crippen LogP contribution in [0.15, 0.2) is 35.6 Å². The summed E-state index contributed by atoms with van der Waals surface area (Å²) in [5.41, 5.74) is 1.21. The molecular weight excluding hydrogens is 541 g/mol. The average molecular weight is 576 g/mol. The van der Waals surface area contributed by atoms with Gasteiger partial charge in [-0.05, 0) is 30.5 Å². The van der Waals surface area contributed by atoms with Crippen molar-refractivity contribution in [3.8, 4) is 0 Å². The smallest absolute Gasteiger partial charge is 0.191 e. The predicted octanol–water partition coefficient (Wildman–Crippen LogP) is 2.61. The van der Waals surface area contributed by atoms with Crippen LogP contribution in [0.1, 0.15) is 24.7 Å². The van der Waals surface area contributed by atoms with Gasteiger partial charge in [-0.3, -0.25) is 9.89 Å². The summed E-state index contributed by atoms with van der Waals surface area (Å²) in [4.78, 5) is 7.23. The summed E-state index contributed by atoms with van der Waals surface area (Å²) in [5.74, 6) is 1.84. The van der Waals surface area contributed by atoms with Crippen molar-refractivity contribution in [2.45, 2.75) is 32.7 Å². The third-order valence-electron chi connectivity index (χ3n) is 5.26. The minimum Gasteiger partial charge on any atom is -0.379 e. The standard InChI is InChI=1S/C22H34ClN7O.HI/c1-2-21-28-27-18-30(21)12-10-26-22(24-8-4-11-29-13-15-31-16-14-29)25-9-7-19-5-3-6-20(23)17-19;/h3,5-6,17-18H,2,4,7-16H2,1H3,(H2,24,25,26);1H. The van der Waals surface area contributed by atoms with Gasteiger partial charge in [0.2, 0.25) is 0 Å². The maximum Gasteiger partial charge on any atom is 0.191 e. The van der Waals surface area contributed by atoms with Gasteiger partial charge in [0.1, 0.15) is 12.2 Å². The highest BCUT2D eigenvalue weighted by Crippen LogP contribution is 2.10. The SMILES string of the molecule is CCc1nncn1CCNC(=NCCCN1CCOCC1)NCCc1cccc(Cl)c1.I. The number of nitrogens with zero attached hydrogens (tertiary/aromatic N) is 5. The molecule has 32 heavy (non-hydrogen) atoms. The molecule has 0 atom stereocenters. The fraction of sp³-hybridized carbons (Fsp3) is 0.591. The molecule has 0 radical (unpaired) electrons. The molecule has 0 bridgehead atoms. The normalized spacial score (nSPS) is 14.8. The van der Waals surface area contributed by atoms with Crippen LogP contribution in [0.4, 0.5) is 0 Å². The van der Waals surface area contributed by atoms with E-state index in [4.69, 9.17) is 21.3 Å². The van der Waals surface area contributed by atoms with Crippen molar-refractivity contribution in [2.24, 2.45) is 4.99 Å². The van der Waals surface area contributed by atoms with E-state index in [1.807, 2.05) is 18.2 Å². The van der Waals surface area contributed by atoms with Crippen LogP contribution in [-0.4, -0.2) is 78.1 Å². The van der Waals surface area contributed by atoms with Crippen LogP contribution in [-0.2, 0) is 24.1 Å².